The van der Waals surface area contributed by atoms with Gasteiger partial charge in [-0.3, -0.25) is 4.79 Å². The highest BCUT2D eigenvalue weighted by Crippen LogP contribution is 2.06. The maximum absolute atomic E-state index is 12.9. The second-order valence-electron chi connectivity index (χ2n) is 5.33. The predicted molar refractivity (Wildman–Crippen MR) is 86.3 cm³/mol. The number of aryl methyl sites for hydroxylation is 2. The van der Waals surface area contributed by atoms with E-state index in [-0.39, 0.29) is 11.6 Å². The molecule has 0 spiro atoms. The molecule has 1 amide bonds. The van der Waals surface area contributed by atoms with Gasteiger partial charge >= 0.3 is 5.91 Å². The van der Waals surface area contributed by atoms with Gasteiger partial charge in [-0.15, -0.1) is 5.10 Å². The molecule has 0 saturated heterocycles. The van der Waals surface area contributed by atoms with Crippen molar-refractivity contribution in [1.29, 1.82) is 0 Å². The molecule has 0 fully saturated rings. The number of carbonyl (C=O) groups excluding carboxylic acids is 1. The van der Waals surface area contributed by atoms with Crippen molar-refractivity contribution in [3.05, 3.63) is 58.9 Å². The zero-order valence-corrected chi connectivity index (χ0v) is 13.4. The zero-order valence-electron chi connectivity index (χ0n) is 13.4. The van der Waals surface area contributed by atoms with Crippen LogP contribution in [0.15, 0.2) is 35.4 Å². The third kappa shape index (κ3) is 3.12. The third-order valence-corrected chi connectivity index (χ3v) is 3.41. The van der Waals surface area contributed by atoms with E-state index in [9.17, 15) is 9.18 Å². The first-order valence-electron chi connectivity index (χ1n) is 7.25. The predicted octanol–water partition coefficient (Wildman–Crippen LogP) is 2.03. The van der Waals surface area contributed by atoms with Crippen molar-refractivity contribution in [3.63, 3.8) is 0 Å². The minimum Gasteiger partial charge on any atom is -0.264 e. The van der Waals surface area contributed by atoms with E-state index in [1.807, 2.05) is 19.9 Å². The van der Waals surface area contributed by atoms with Gasteiger partial charge in [0.05, 0.1) is 5.71 Å². The van der Waals surface area contributed by atoms with Gasteiger partial charge in [0.2, 0.25) is 5.82 Å². The molecule has 122 valence electrons. The molecule has 1 N–H and O–H groups in total. The standard InChI is InChI=1S/C16H15FN6O/c1-9-8-10(2)23-16(18-9)19-14(22-23)15(24)21-20-11(3)12-4-6-13(17)7-5-12/h4-8H,1-3H3,(H,21,24). The number of amides is 1. The topological polar surface area (TPSA) is 84.5 Å². The molecule has 0 aliphatic heterocycles. The summed E-state index contributed by atoms with van der Waals surface area (Å²) in [7, 11) is 0. The Kier molecular flexibility index (Phi) is 4.03. The van der Waals surface area contributed by atoms with Crippen LogP contribution in [0.1, 0.15) is 34.5 Å². The molecule has 3 aromatic rings. The van der Waals surface area contributed by atoms with Crippen LogP contribution in [0.3, 0.4) is 0 Å². The first kappa shape index (κ1) is 15.7. The van der Waals surface area contributed by atoms with Crippen molar-refractivity contribution >= 4 is 17.4 Å². The van der Waals surface area contributed by atoms with Crippen LogP contribution in [0.5, 0.6) is 0 Å². The van der Waals surface area contributed by atoms with E-state index in [1.165, 1.54) is 16.6 Å². The van der Waals surface area contributed by atoms with Crippen LogP contribution >= 0.6 is 0 Å². The molecule has 0 unspecified atom stereocenters. The van der Waals surface area contributed by atoms with Crippen molar-refractivity contribution in [2.45, 2.75) is 20.8 Å². The number of aromatic nitrogens is 4. The van der Waals surface area contributed by atoms with E-state index in [2.05, 4.69) is 25.6 Å². The minimum atomic E-state index is -0.543. The number of carbonyl (C=O) groups is 1. The summed E-state index contributed by atoms with van der Waals surface area (Å²) in [5, 5.41) is 8.12. The maximum Gasteiger partial charge on any atom is 0.311 e. The molecule has 0 radical (unpaired) electrons. The average molecular weight is 326 g/mol. The number of halogens is 1. The lowest BCUT2D eigenvalue weighted by Crippen LogP contribution is -2.20. The summed E-state index contributed by atoms with van der Waals surface area (Å²) in [6, 6.07) is 7.67. The first-order valence-corrected chi connectivity index (χ1v) is 7.25. The number of benzene rings is 1. The van der Waals surface area contributed by atoms with Crippen molar-refractivity contribution in [2.75, 3.05) is 0 Å². The molecular formula is C16H15FN6O. The van der Waals surface area contributed by atoms with Crippen LogP contribution in [0.4, 0.5) is 4.39 Å². The highest BCUT2D eigenvalue weighted by molar-refractivity contribution is 6.00. The molecular weight excluding hydrogens is 311 g/mol. The van der Waals surface area contributed by atoms with Gasteiger partial charge < -0.3 is 0 Å². The van der Waals surface area contributed by atoms with E-state index < -0.39 is 5.91 Å². The number of nitrogens with zero attached hydrogens (tertiary/aromatic N) is 5. The summed E-state index contributed by atoms with van der Waals surface area (Å²) in [5.74, 6) is -0.537. The van der Waals surface area contributed by atoms with Gasteiger partial charge in [-0.05, 0) is 44.5 Å². The lowest BCUT2D eigenvalue weighted by Gasteiger charge is -2.01. The molecule has 8 heteroatoms. The highest BCUT2D eigenvalue weighted by Gasteiger charge is 2.14. The smallest absolute Gasteiger partial charge is 0.264 e. The Bertz CT molecular complexity index is 945. The average Bonchev–Trinajstić information content (AvgIpc) is 2.97. The maximum atomic E-state index is 12.9. The van der Waals surface area contributed by atoms with Gasteiger partial charge in [-0.25, -0.2) is 19.3 Å². The lowest BCUT2D eigenvalue weighted by atomic mass is 10.1. The summed E-state index contributed by atoms with van der Waals surface area (Å²) in [4.78, 5) is 20.5. The van der Waals surface area contributed by atoms with E-state index >= 15 is 0 Å². The Morgan fingerprint density at radius 1 is 1.21 bits per heavy atom. The highest BCUT2D eigenvalue weighted by atomic mass is 19.1. The fraction of sp³-hybridized carbons (Fsp3) is 0.188. The molecule has 0 atom stereocenters. The minimum absolute atomic E-state index is 0.0214. The number of fused-ring (bicyclic) bond motifs is 1. The fourth-order valence-corrected chi connectivity index (χ4v) is 2.20. The monoisotopic (exact) mass is 326 g/mol. The van der Waals surface area contributed by atoms with E-state index in [4.69, 9.17) is 0 Å². The molecule has 2 heterocycles. The van der Waals surface area contributed by atoms with Crippen LogP contribution < -0.4 is 5.43 Å². The van der Waals surface area contributed by atoms with Crippen molar-refractivity contribution in [3.8, 4) is 0 Å². The summed E-state index contributed by atoms with van der Waals surface area (Å²) in [5.41, 5.74) is 5.26. The quantitative estimate of drug-likeness (QED) is 0.589. The Labute approximate surface area is 137 Å². The first-order chi connectivity index (χ1) is 11.4. The van der Waals surface area contributed by atoms with Gasteiger partial charge in [0.15, 0.2) is 0 Å². The second kappa shape index (κ2) is 6.15. The molecule has 24 heavy (non-hydrogen) atoms. The fourth-order valence-electron chi connectivity index (χ4n) is 2.20. The Morgan fingerprint density at radius 3 is 2.62 bits per heavy atom. The molecule has 1 aromatic carbocycles. The van der Waals surface area contributed by atoms with Crippen LogP contribution in [-0.4, -0.2) is 31.2 Å². The Morgan fingerprint density at radius 2 is 1.92 bits per heavy atom. The number of rotatable bonds is 3. The summed E-state index contributed by atoms with van der Waals surface area (Å²) < 4.78 is 14.4. The van der Waals surface area contributed by atoms with E-state index in [1.54, 1.807) is 19.1 Å². The van der Waals surface area contributed by atoms with Gasteiger partial charge in [0.25, 0.3) is 5.78 Å². The van der Waals surface area contributed by atoms with Crippen LogP contribution in [-0.2, 0) is 0 Å². The van der Waals surface area contributed by atoms with E-state index in [0.29, 0.717) is 17.1 Å². The molecule has 0 aliphatic rings. The third-order valence-electron chi connectivity index (χ3n) is 3.41. The Hall–Kier alpha value is -3.16. The molecule has 3 rings (SSSR count). The second-order valence-corrected chi connectivity index (χ2v) is 5.33. The molecule has 7 nitrogen and oxygen atoms in total. The number of hydrazone groups is 1. The molecule has 0 saturated carbocycles. The lowest BCUT2D eigenvalue weighted by molar-refractivity contribution is 0.0944. The summed E-state index contributed by atoms with van der Waals surface area (Å²) in [6.45, 7) is 5.41. The Balaban J connectivity index is 1.81. The summed E-state index contributed by atoms with van der Waals surface area (Å²) >= 11 is 0. The molecule has 2 aromatic heterocycles. The van der Waals surface area contributed by atoms with Crippen molar-refractivity contribution in [2.24, 2.45) is 5.10 Å². The SMILES string of the molecule is CC(=NNC(=O)c1nc2nc(C)cc(C)n2n1)c1ccc(F)cc1. The number of nitrogens with one attached hydrogen (secondary N) is 1. The van der Waals surface area contributed by atoms with Crippen molar-refractivity contribution < 1.29 is 9.18 Å². The molecule has 0 aliphatic carbocycles. The van der Waals surface area contributed by atoms with Gasteiger partial charge in [0.1, 0.15) is 5.82 Å². The number of hydrogen-bond donors (Lipinski definition) is 1. The van der Waals surface area contributed by atoms with Crippen LogP contribution in [0.2, 0.25) is 0 Å². The normalized spacial score (nSPS) is 11.8. The van der Waals surface area contributed by atoms with Gasteiger partial charge in [-0.1, -0.05) is 12.1 Å². The van der Waals surface area contributed by atoms with Gasteiger partial charge in [0, 0.05) is 11.4 Å². The number of hydrogen-bond acceptors (Lipinski definition) is 5. The zero-order chi connectivity index (χ0) is 17.3. The van der Waals surface area contributed by atoms with Crippen molar-refractivity contribution in [1.82, 2.24) is 25.0 Å². The van der Waals surface area contributed by atoms with Crippen LogP contribution in [0.25, 0.3) is 5.78 Å². The largest absolute Gasteiger partial charge is 0.311 e. The van der Waals surface area contributed by atoms with Gasteiger partial charge in [-0.2, -0.15) is 10.1 Å². The molecule has 0 bridgehead atoms. The van der Waals surface area contributed by atoms with E-state index in [0.717, 1.165) is 11.4 Å². The summed E-state index contributed by atoms with van der Waals surface area (Å²) in [6.07, 6.45) is 0. The van der Waals surface area contributed by atoms with Crippen LogP contribution in [0, 0.1) is 19.7 Å².